The van der Waals surface area contributed by atoms with Crippen LogP contribution >= 0.6 is 0 Å². The summed E-state index contributed by atoms with van der Waals surface area (Å²) in [5.41, 5.74) is 2.54. The van der Waals surface area contributed by atoms with Gasteiger partial charge < -0.3 is 14.5 Å². The second-order valence-electron chi connectivity index (χ2n) is 4.75. The zero-order chi connectivity index (χ0) is 15.5. The number of ether oxygens (including phenoxy) is 2. The Kier molecular flexibility index (Phi) is 3.65. The van der Waals surface area contributed by atoms with Gasteiger partial charge in [-0.05, 0) is 30.7 Å². The summed E-state index contributed by atoms with van der Waals surface area (Å²) in [4.78, 5) is 18.4. The molecule has 3 aromatic rings. The maximum atomic E-state index is 11.2. The summed E-state index contributed by atoms with van der Waals surface area (Å²) >= 11 is 0. The Morgan fingerprint density at radius 2 is 2.05 bits per heavy atom. The number of aryl methyl sites for hydroxylation is 1. The number of carbonyl (C=O) groups is 1. The van der Waals surface area contributed by atoms with E-state index < -0.39 is 6.09 Å². The van der Waals surface area contributed by atoms with Crippen molar-refractivity contribution < 1.29 is 14.3 Å². The molecule has 0 bridgehead atoms. The molecule has 112 valence electrons. The molecule has 0 unspecified atom stereocenters. The normalized spacial score (nSPS) is 10.5. The van der Waals surface area contributed by atoms with Gasteiger partial charge in [-0.3, -0.25) is 5.32 Å². The number of carbonyl (C=O) groups excluding carboxylic acids is 1. The number of hydrogen-bond donors (Lipinski definition) is 2. The molecule has 0 aliphatic heterocycles. The monoisotopic (exact) mass is 297 g/mol. The van der Waals surface area contributed by atoms with Gasteiger partial charge in [-0.2, -0.15) is 0 Å². The number of fused-ring (bicyclic) bond motifs is 1. The van der Waals surface area contributed by atoms with Crippen molar-refractivity contribution in [3.05, 3.63) is 48.0 Å². The highest BCUT2D eigenvalue weighted by molar-refractivity contribution is 5.86. The number of nitrogens with zero attached hydrogens (tertiary/aromatic N) is 1. The van der Waals surface area contributed by atoms with Crippen molar-refractivity contribution in [3.8, 4) is 11.5 Å². The van der Waals surface area contributed by atoms with Crippen LogP contribution in [0.25, 0.3) is 11.0 Å². The maximum Gasteiger partial charge on any atom is 0.413 e. The zero-order valence-electron chi connectivity index (χ0n) is 12.2. The van der Waals surface area contributed by atoms with Gasteiger partial charge in [-0.25, -0.2) is 9.78 Å². The third kappa shape index (κ3) is 2.85. The second-order valence-corrected chi connectivity index (χ2v) is 4.75. The number of H-pyrrole nitrogens is 1. The minimum absolute atomic E-state index is 0.329. The van der Waals surface area contributed by atoms with Crippen LogP contribution in [0.2, 0.25) is 0 Å². The fraction of sp³-hybridized carbons (Fsp3) is 0.125. The maximum absolute atomic E-state index is 11.2. The summed E-state index contributed by atoms with van der Waals surface area (Å²) in [7, 11) is 1.30. The first kappa shape index (κ1) is 13.9. The zero-order valence-corrected chi connectivity index (χ0v) is 12.2. The molecule has 0 spiro atoms. The van der Waals surface area contributed by atoms with E-state index in [1.807, 2.05) is 49.4 Å². The molecule has 0 radical (unpaired) electrons. The lowest BCUT2D eigenvalue weighted by molar-refractivity contribution is 0.186. The predicted octanol–water partition coefficient (Wildman–Crippen LogP) is 3.84. The van der Waals surface area contributed by atoms with Gasteiger partial charge in [0.25, 0.3) is 0 Å². The SMILES string of the molecule is COC(=O)Nc1nc2ccc(Oc3ccccc3C)cc2[nH]1. The van der Waals surface area contributed by atoms with E-state index in [9.17, 15) is 4.79 Å². The Balaban J connectivity index is 1.86. The topological polar surface area (TPSA) is 76.2 Å². The van der Waals surface area contributed by atoms with Gasteiger partial charge in [-0.15, -0.1) is 0 Å². The molecule has 2 N–H and O–H groups in total. The van der Waals surface area contributed by atoms with Crippen molar-refractivity contribution in [1.29, 1.82) is 0 Å². The van der Waals surface area contributed by atoms with Crippen molar-refractivity contribution in [2.45, 2.75) is 6.92 Å². The van der Waals surface area contributed by atoms with E-state index in [4.69, 9.17) is 4.74 Å². The third-order valence-corrected chi connectivity index (χ3v) is 3.18. The fourth-order valence-corrected chi connectivity index (χ4v) is 2.06. The molecule has 6 nitrogen and oxygen atoms in total. The first-order valence-electron chi connectivity index (χ1n) is 6.74. The first-order valence-corrected chi connectivity index (χ1v) is 6.74. The van der Waals surface area contributed by atoms with E-state index in [1.165, 1.54) is 7.11 Å². The number of rotatable bonds is 3. The van der Waals surface area contributed by atoms with E-state index in [2.05, 4.69) is 20.0 Å². The molecule has 1 aromatic heterocycles. The van der Waals surface area contributed by atoms with Crippen LogP contribution in [-0.4, -0.2) is 23.2 Å². The lowest BCUT2D eigenvalue weighted by Crippen LogP contribution is -2.11. The van der Waals surface area contributed by atoms with Crippen LogP contribution in [-0.2, 0) is 4.74 Å². The quantitative estimate of drug-likeness (QED) is 0.770. The summed E-state index contributed by atoms with van der Waals surface area (Å²) in [6, 6.07) is 13.3. The molecule has 6 heteroatoms. The number of nitrogens with one attached hydrogen (secondary N) is 2. The minimum Gasteiger partial charge on any atom is -0.457 e. The lowest BCUT2D eigenvalue weighted by atomic mass is 10.2. The van der Waals surface area contributed by atoms with Crippen LogP contribution in [0, 0.1) is 6.92 Å². The molecule has 0 saturated carbocycles. The van der Waals surface area contributed by atoms with E-state index in [-0.39, 0.29) is 0 Å². The number of methoxy groups -OCH3 is 1. The predicted molar refractivity (Wildman–Crippen MR) is 83.4 cm³/mol. The average molecular weight is 297 g/mol. The Labute approximate surface area is 127 Å². The van der Waals surface area contributed by atoms with Gasteiger partial charge in [-0.1, -0.05) is 18.2 Å². The van der Waals surface area contributed by atoms with Crippen LogP contribution in [0.5, 0.6) is 11.5 Å². The molecular formula is C16H15N3O3. The molecule has 22 heavy (non-hydrogen) atoms. The smallest absolute Gasteiger partial charge is 0.413 e. The second kappa shape index (κ2) is 5.77. The molecule has 2 aromatic carbocycles. The van der Waals surface area contributed by atoms with Gasteiger partial charge in [0.15, 0.2) is 0 Å². The van der Waals surface area contributed by atoms with E-state index >= 15 is 0 Å². The van der Waals surface area contributed by atoms with Gasteiger partial charge >= 0.3 is 6.09 Å². The standard InChI is InChI=1S/C16H15N3O3/c1-10-5-3-4-6-14(10)22-11-7-8-12-13(9-11)18-15(17-12)19-16(20)21-2/h3-9H,1-2H3,(H2,17,18,19,20). The number of imidazole rings is 1. The third-order valence-electron chi connectivity index (χ3n) is 3.18. The molecule has 0 aliphatic carbocycles. The van der Waals surface area contributed by atoms with E-state index in [0.29, 0.717) is 11.7 Å². The van der Waals surface area contributed by atoms with Gasteiger partial charge in [0.05, 0.1) is 18.1 Å². The van der Waals surface area contributed by atoms with Crippen LogP contribution in [0.3, 0.4) is 0 Å². The van der Waals surface area contributed by atoms with E-state index in [1.54, 1.807) is 0 Å². The minimum atomic E-state index is -0.574. The molecule has 0 aliphatic rings. The van der Waals surface area contributed by atoms with Crippen molar-refractivity contribution in [2.75, 3.05) is 12.4 Å². The molecule has 1 amide bonds. The highest BCUT2D eigenvalue weighted by atomic mass is 16.5. The van der Waals surface area contributed by atoms with Crippen LogP contribution in [0.15, 0.2) is 42.5 Å². The number of aromatic nitrogens is 2. The Morgan fingerprint density at radius 3 is 2.82 bits per heavy atom. The molecule has 0 fully saturated rings. The summed E-state index contributed by atoms with van der Waals surface area (Å²) in [6.07, 6.45) is -0.574. The summed E-state index contributed by atoms with van der Waals surface area (Å²) < 4.78 is 10.4. The van der Waals surface area contributed by atoms with Gasteiger partial charge in [0.1, 0.15) is 11.5 Å². The fourth-order valence-electron chi connectivity index (χ4n) is 2.06. The Hall–Kier alpha value is -3.02. The number of benzene rings is 2. The Morgan fingerprint density at radius 1 is 1.23 bits per heavy atom. The highest BCUT2D eigenvalue weighted by Crippen LogP contribution is 2.27. The van der Waals surface area contributed by atoms with Crippen LogP contribution in [0.1, 0.15) is 5.56 Å². The molecular weight excluding hydrogens is 282 g/mol. The average Bonchev–Trinajstić information content (AvgIpc) is 2.91. The molecule has 3 rings (SSSR count). The number of aromatic amines is 1. The number of para-hydroxylation sites is 1. The van der Waals surface area contributed by atoms with E-state index in [0.717, 1.165) is 22.3 Å². The molecule has 1 heterocycles. The summed E-state index contributed by atoms with van der Waals surface area (Å²) in [5.74, 6) is 1.82. The number of amides is 1. The summed E-state index contributed by atoms with van der Waals surface area (Å²) in [5, 5.41) is 2.49. The van der Waals surface area contributed by atoms with Crippen LogP contribution in [0.4, 0.5) is 10.7 Å². The first-order chi connectivity index (χ1) is 10.7. The van der Waals surface area contributed by atoms with Crippen LogP contribution < -0.4 is 10.1 Å². The van der Waals surface area contributed by atoms with Crippen molar-refractivity contribution in [1.82, 2.24) is 9.97 Å². The summed E-state index contributed by atoms with van der Waals surface area (Å²) in [6.45, 7) is 1.99. The largest absolute Gasteiger partial charge is 0.457 e. The number of hydrogen-bond acceptors (Lipinski definition) is 4. The number of anilines is 1. The molecule has 0 saturated heterocycles. The van der Waals surface area contributed by atoms with Crippen molar-refractivity contribution >= 4 is 23.1 Å². The lowest BCUT2D eigenvalue weighted by Gasteiger charge is -2.07. The van der Waals surface area contributed by atoms with Crippen molar-refractivity contribution in [2.24, 2.45) is 0 Å². The van der Waals surface area contributed by atoms with Gasteiger partial charge in [0.2, 0.25) is 5.95 Å². The van der Waals surface area contributed by atoms with Crippen molar-refractivity contribution in [3.63, 3.8) is 0 Å². The Bertz CT molecular complexity index is 826. The highest BCUT2D eigenvalue weighted by Gasteiger charge is 2.08. The van der Waals surface area contributed by atoms with Gasteiger partial charge in [0, 0.05) is 6.07 Å². The molecule has 0 atom stereocenters.